The van der Waals surface area contributed by atoms with E-state index >= 15 is 0 Å². The summed E-state index contributed by atoms with van der Waals surface area (Å²) in [6.07, 6.45) is 48.7. The second-order valence-corrected chi connectivity index (χ2v) is 38.2. The summed E-state index contributed by atoms with van der Waals surface area (Å²) in [5, 5.41) is 24.2. The number of nitrogens with zero attached hydrogens (tertiary/aromatic N) is 22. The molecule has 0 bridgehead atoms. The molecule has 4 aromatic carbocycles. The minimum Gasteiger partial charge on any atom is -0.497 e. The van der Waals surface area contributed by atoms with Gasteiger partial charge in [-0.1, -0.05) is 23.7 Å². The monoisotopic (exact) mass is 2010 g/mol. The van der Waals surface area contributed by atoms with Crippen molar-refractivity contribution in [1.82, 2.24) is 96.7 Å². The third kappa shape index (κ3) is 23.4. The second-order valence-electron chi connectivity index (χ2n) is 37.7. The molecule has 754 valence electrons. The van der Waals surface area contributed by atoms with E-state index in [9.17, 15) is 28.8 Å². The molecule has 0 unspecified atom stereocenters. The summed E-state index contributed by atoms with van der Waals surface area (Å²) in [5.74, 6) is 2.77. The van der Waals surface area contributed by atoms with E-state index in [1.54, 1.807) is 101 Å². The van der Waals surface area contributed by atoms with Gasteiger partial charge in [-0.05, 0) is 273 Å². The highest BCUT2D eigenvalue weighted by atomic mass is 35.5. The molecular formula is C117H115ClN22O9. The lowest BCUT2D eigenvalue weighted by Gasteiger charge is -2.26. The van der Waals surface area contributed by atoms with Crippen LogP contribution in [-0.4, -0.2) is 232 Å². The number of rotatable bonds is 15. The molecule has 6 saturated heterocycles. The number of fused-ring (bicyclic) bond motifs is 6. The standard InChI is InChI=1S/2C20H18N4O.2C20H21N3O2.C19H20N4O2.C18H17ClN4O/c21-13-15-4-6-18(7-5-15)24-11-8-16-12-17(14-22-19(16)24)20(25)23-9-2-1-3-10-23;21-13-15-5-4-6-18(11-15)24-10-7-16-12-17(14-22-19(16)24)20(25)23-8-2-1-3-9-23;1-25-18-7-5-17(6-8-18)23-12-9-15-13-16(14-21-19(15)23)20(24)22-10-3-2-4-11-22;1-25-18-7-5-6-17(13-18)23-11-8-15-12-16(14-21-19(15)23)20(24)22-9-3-2-4-10-22;1-25-17-10-16(12-20-13-17)23-8-5-14-9-15(11-21-18(14)23)19(24)22-6-3-2-4-7-22;19-15-9-16(12-20-11-15)23-7-4-13-8-14(10-21-17(13)23)18(24)22-5-2-1-3-6-22/h4-8,11-12,14H,1-3,9-10H2;4-7,10-12,14H,1-3,8-9H2;5-9,12-14H,2-4,10-11H2,1H3;5-8,11-14H,2-4,9-10H2,1H3;5,8-13H,2-4,6-7H2,1H3;4,7-12H,1-3,5-6H2. The number of pyridine rings is 8. The summed E-state index contributed by atoms with van der Waals surface area (Å²) in [5.41, 5.74) is 15.5. The molecule has 18 aromatic rings. The van der Waals surface area contributed by atoms with Crippen molar-refractivity contribution in [3.8, 4) is 63.5 Å². The summed E-state index contributed by atoms with van der Waals surface area (Å²) in [7, 11) is 4.93. The third-order valence-electron chi connectivity index (χ3n) is 27.9. The van der Waals surface area contributed by atoms with Crippen LogP contribution in [0.4, 0.5) is 0 Å². The average molecular weight is 2010 g/mol. The van der Waals surface area contributed by atoms with Crippen molar-refractivity contribution < 1.29 is 43.0 Å². The first-order valence-electron chi connectivity index (χ1n) is 51.0. The van der Waals surface area contributed by atoms with Crippen molar-refractivity contribution >= 4 is 113 Å². The molecular weight excluding hydrogens is 1890 g/mol. The summed E-state index contributed by atoms with van der Waals surface area (Å²) in [4.78, 5) is 123. The fourth-order valence-corrected chi connectivity index (χ4v) is 20.0. The Bertz CT molecular complexity index is 7800. The number of hydrogen-bond acceptors (Lipinski definition) is 19. The van der Waals surface area contributed by atoms with Crippen LogP contribution >= 0.6 is 11.6 Å². The van der Waals surface area contributed by atoms with Gasteiger partial charge in [0.05, 0.1) is 119 Å². The molecule has 6 aliphatic rings. The summed E-state index contributed by atoms with van der Waals surface area (Å²) in [6, 6.07) is 61.8. The predicted molar refractivity (Wildman–Crippen MR) is 575 cm³/mol. The van der Waals surface area contributed by atoms with Gasteiger partial charge < -0.3 is 61.9 Å². The van der Waals surface area contributed by atoms with Crippen molar-refractivity contribution in [3.05, 3.63) is 331 Å². The predicted octanol–water partition coefficient (Wildman–Crippen LogP) is 21.1. The van der Waals surface area contributed by atoms with E-state index in [0.717, 1.165) is 267 Å². The number of nitriles is 2. The molecule has 0 N–H and O–H groups in total. The molecule has 32 heteroatoms. The van der Waals surface area contributed by atoms with Crippen molar-refractivity contribution in [1.29, 1.82) is 10.5 Å². The number of methoxy groups -OCH3 is 3. The van der Waals surface area contributed by atoms with Crippen LogP contribution in [0.15, 0.2) is 281 Å². The molecule has 0 radical (unpaired) electrons. The van der Waals surface area contributed by atoms with Crippen LogP contribution < -0.4 is 14.2 Å². The molecule has 6 aliphatic heterocycles. The van der Waals surface area contributed by atoms with E-state index in [4.69, 9.17) is 36.3 Å². The van der Waals surface area contributed by atoms with Crippen molar-refractivity contribution in [2.75, 3.05) is 99.9 Å². The van der Waals surface area contributed by atoms with Crippen LogP contribution in [0.2, 0.25) is 5.02 Å². The number of piperidine rings is 6. The van der Waals surface area contributed by atoms with E-state index in [0.29, 0.717) is 55.3 Å². The molecule has 0 spiro atoms. The maximum absolute atomic E-state index is 12.7. The molecule has 6 amide bonds. The Balaban J connectivity index is 0.000000112. The number of likely N-dealkylation sites (tertiary alicyclic amines) is 6. The number of hydrogen-bond donors (Lipinski definition) is 0. The molecule has 20 heterocycles. The number of benzene rings is 4. The Hall–Kier alpha value is -17.2. The highest BCUT2D eigenvalue weighted by Gasteiger charge is 2.28. The van der Waals surface area contributed by atoms with Gasteiger partial charge in [0, 0.05) is 221 Å². The van der Waals surface area contributed by atoms with Gasteiger partial charge in [0.1, 0.15) is 51.1 Å². The van der Waals surface area contributed by atoms with Gasteiger partial charge in [0.2, 0.25) is 0 Å². The molecule has 31 nitrogen and oxygen atoms in total. The Morgan fingerprint density at radius 2 is 0.510 bits per heavy atom. The highest BCUT2D eigenvalue weighted by Crippen LogP contribution is 2.33. The first-order valence-corrected chi connectivity index (χ1v) is 51.4. The lowest BCUT2D eigenvalue weighted by atomic mass is 10.1. The Labute approximate surface area is 867 Å². The van der Waals surface area contributed by atoms with Crippen LogP contribution in [0, 0.1) is 22.7 Å². The van der Waals surface area contributed by atoms with Crippen LogP contribution in [0.25, 0.3) is 100 Å². The minimum atomic E-state index is 0.0633. The van der Waals surface area contributed by atoms with Crippen molar-refractivity contribution in [2.45, 2.75) is 116 Å². The second kappa shape index (κ2) is 47.3. The quantitative estimate of drug-likeness (QED) is 0.0920. The van der Waals surface area contributed by atoms with Gasteiger partial charge in [-0.25, -0.2) is 29.9 Å². The topological polar surface area (TPSA) is 330 Å². The summed E-state index contributed by atoms with van der Waals surface area (Å²) < 4.78 is 27.5. The van der Waals surface area contributed by atoms with Crippen molar-refractivity contribution in [3.63, 3.8) is 0 Å². The van der Waals surface area contributed by atoms with E-state index in [2.05, 4.69) is 52.0 Å². The average Bonchev–Trinajstić information content (AvgIpc) is 1.68. The first-order chi connectivity index (χ1) is 73.0. The number of carbonyl (C=O) groups is 6. The van der Waals surface area contributed by atoms with Gasteiger partial charge in [-0.2, -0.15) is 10.5 Å². The fraction of sp³-hybridized carbons (Fsp3) is 0.282. The van der Waals surface area contributed by atoms with E-state index in [1.165, 1.54) is 38.5 Å². The maximum atomic E-state index is 12.7. The number of ether oxygens (including phenoxy) is 3. The highest BCUT2D eigenvalue weighted by molar-refractivity contribution is 6.30. The maximum Gasteiger partial charge on any atom is 0.255 e. The van der Waals surface area contributed by atoms with Crippen LogP contribution in [-0.2, 0) is 0 Å². The van der Waals surface area contributed by atoms with E-state index < -0.39 is 0 Å². The summed E-state index contributed by atoms with van der Waals surface area (Å²) in [6.45, 7) is 10.1. The largest absolute Gasteiger partial charge is 0.497 e. The Morgan fingerprint density at radius 1 is 0.248 bits per heavy atom. The van der Waals surface area contributed by atoms with Crippen LogP contribution in [0.1, 0.15) is 189 Å². The SMILES string of the molecule is COc1ccc(-n2ccc3cc(C(=O)N4CCCCC4)cnc32)cc1.COc1cccc(-n2ccc3cc(C(=O)N4CCCCC4)cnc32)c1.COc1cncc(-n2ccc3cc(C(=O)N4CCCCC4)cnc32)c1.N#Cc1ccc(-n2ccc3cc(C(=O)N4CCCCC4)cnc32)cc1.N#Cc1cccc(-n2ccc3cc(C(=O)N4CCCCC4)cnc32)c1.O=C(c1cnc2c(ccn2-c2cncc(Cl)c2)c1)N1CCCCC1. The summed E-state index contributed by atoms with van der Waals surface area (Å²) >= 11 is 6.02. The molecule has 0 aliphatic carbocycles. The van der Waals surface area contributed by atoms with Gasteiger partial charge >= 0.3 is 0 Å². The minimum absolute atomic E-state index is 0.0633. The van der Waals surface area contributed by atoms with Gasteiger partial charge in [-0.15, -0.1) is 0 Å². The molecule has 24 rings (SSSR count). The lowest BCUT2D eigenvalue weighted by molar-refractivity contribution is 0.0716. The molecule has 14 aromatic heterocycles. The Morgan fingerprint density at radius 3 is 0.805 bits per heavy atom. The van der Waals surface area contributed by atoms with Gasteiger partial charge in [-0.3, -0.25) is 47.9 Å². The number of carbonyl (C=O) groups excluding carboxylic acids is 6. The smallest absolute Gasteiger partial charge is 0.255 e. The van der Waals surface area contributed by atoms with Gasteiger partial charge in [0.25, 0.3) is 35.4 Å². The normalized spacial score (nSPS) is 14.6. The van der Waals surface area contributed by atoms with Gasteiger partial charge in [0.15, 0.2) is 0 Å². The lowest BCUT2D eigenvalue weighted by Crippen LogP contribution is -2.35. The van der Waals surface area contributed by atoms with Crippen LogP contribution in [0.5, 0.6) is 17.2 Å². The molecule has 0 saturated carbocycles. The molecule has 0 atom stereocenters. The number of amides is 6. The zero-order valence-corrected chi connectivity index (χ0v) is 84.4. The van der Waals surface area contributed by atoms with Crippen molar-refractivity contribution in [2.24, 2.45) is 0 Å². The zero-order valence-electron chi connectivity index (χ0n) is 83.7. The molecule has 149 heavy (non-hydrogen) atoms. The first kappa shape index (κ1) is 100. The number of halogens is 1. The third-order valence-corrected chi connectivity index (χ3v) is 28.1. The van der Waals surface area contributed by atoms with E-state index in [-0.39, 0.29) is 35.4 Å². The Kier molecular flexibility index (Phi) is 31.9. The fourth-order valence-electron chi connectivity index (χ4n) is 19.9. The molecule has 6 fully saturated rings. The van der Waals surface area contributed by atoms with E-state index in [1.807, 2.05) is 258 Å². The zero-order chi connectivity index (χ0) is 103. The van der Waals surface area contributed by atoms with Crippen LogP contribution in [0.3, 0.4) is 0 Å². The number of aromatic nitrogens is 14.